The number of carboxylic acid groups (broad SMARTS) is 2. The van der Waals surface area contributed by atoms with Crippen LogP contribution in [0.3, 0.4) is 0 Å². The molecule has 0 saturated carbocycles. The van der Waals surface area contributed by atoms with Crippen molar-refractivity contribution in [2.24, 2.45) is 23.7 Å². The fraction of sp³-hybridized carbons (Fsp3) is 0.721. The third kappa shape index (κ3) is 14.1. The minimum Gasteiger partial charge on any atom is -0.481 e. The van der Waals surface area contributed by atoms with Crippen LogP contribution in [0.1, 0.15) is 92.6 Å². The molecule has 328 valence electrons. The normalized spacial score (nSPS) is 18.7. The summed E-state index contributed by atoms with van der Waals surface area (Å²) in [6, 6.07) is 5.66. The van der Waals surface area contributed by atoms with Crippen molar-refractivity contribution in [1.82, 2.24) is 25.3 Å². The molecule has 2 rings (SSSR count). The maximum Gasteiger partial charge on any atom is 0.326 e. The second-order valence-electron chi connectivity index (χ2n) is 16.6. The maximum absolute atomic E-state index is 14.3. The average molecular weight is 818 g/mol. The van der Waals surface area contributed by atoms with Gasteiger partial charge in [-0.2, -0.15) is 0 Å². The standard InChI is InChI=1S/C43H71N5O10/c1-12-28(6)38(47(9)37(27(4)5)42(54)45-41(53)36(26(2)3)46(8)22-17-21-35(50)51)33(57-10)25-34(49)48-23-16-20-32(48)39(58-11)29(7)40(52)44-31(43(55)56)24-30-18-14-13-15-19-30/h13-15,18-19,26-29,31-33,36-39H,12,16-17,20-25H2,1-11H3,(H,44,52)(H,50,51)(H,55,56)(H,45,53,54)/t28-,29+,31-,32-,33+,36-,37-,38-,39+/m0/s1. The van der Waals surface area contributed by atoms with Crippen LogP contribution in [0.15, 0.2) is 30.3 Å². The Kier molecular flexibility index (Phi) is 21.0. The number of carbonyl (C=O) groups excluding carboxylic acids is 4. The Morgan fingerprint density at radius 1 is 0.879 bits per heavy atom. The number of rotatable bonds is 25. The van der Waals surface area contributed by atoms with Crippen molar-refractivity contribution >= 4 is 35.6 Å². The Morgan fingerprint density at radius 2 is 1.48 bits per heavy atom. The van der Waals surface area contributed by atoms with Gasteiger partial charge in [0, 0.05) is 39.6 Å². The molecule has 1 aromatic rings. The predicted octanol–water partition coefficient (Wildman–Crippen LogP) is 3.68. The number of aliphatic carboxylic acids is 2. The van der Waals surface area contributed by atoms with E-state index < -0.39 is 78.0 Å². The first-order valence-electron chi connectivity index (χ1n) is 20.7. The molecule has 1 aliphatic rings. The lowest BCUT2D eigenvalue weighted by Crippen LogP contribution is -2.60. The van der Waals surface area contributed by atoms with Gasteiger partial charge in [0.2, 0.25) is 23.6 Å². The Hall–Kier alpha value is -3.92. The van der Waals surface area contributed by atoms with Crippen molar-refractivity contribution in [1.29, 1.82) is 0 Å². The number of imide groups is 1. The molecule has 15 nitrogen and oxygen atoms in total. The summed E-state index contributed by atoms with van der Waals surface area (Å²) in [5.41, 5.74) is 0.774. The van der Waals surface area contributed by atoms with E-state index in [0.717, 1.165) is 12.0 Å². The van der Waals surface area contributed by atoms with Gasteiger partial charge in [-0.05, 0) is 63.2 Å². The smallest absolute Gasteiger partial charge is 0.326 e. The first kappa shape index (κ1) is 50.2. The minimum absolute atomic E-state index is 0.0105. The summed E-state index contributed by atoms with van der Waals surface area (Å²) in [5.74, 6) is -4.84. The quantitative estimate of drug-likeness (QED) is 0.112. The van der Waals surface area contributed by atoms with E-state index in [1.54, 1.807) is 43.0 Å². The summed E-state index contributed by atoms with van der Waals surface area (Å²) >= 11 is 0. The number of methoxy groups -OCH3 is 2. The molecular formula is C43H71N5O10. The van der Waals surface area contributed by atoms with E-state index in [1.165, 1.54) is 7.11 Å². The number of likely N-dealkylation sites (N-methyl/N-ethyl adjacent to an activating group) is 2. The minimum atomic E-state index is -1.15. The molecule has 15 heteroatoms. The van der Waals surface area contributed by atoms with Gasteiger partial charge in [-0.25, -0.2) is 4.79 Å². The van der Waals surface area contributed by atoms with Crippen LogP contribution in [0.5, 0.6) is 0 Å². The number of benzene rings is 1. The Morgan fingerprint density at radius 3 is 2.00 bits per heavy atom. The van der Waals surface area contributed by atoms with E-state index in [-0.39, 0.29) is 42.9 Å². The highest BCUT2D eigenvalue weighted by Gasteiger charge is 2.44. The van der Waals surface area contributed by atoms with E-state index in [4.69, 9.17) is 14.6 Å². The molecule has 58 heavy (non-hydrogen) atoms. The van der Waals surface area contributed by atoms with Gasteiger partial charge in [-0.1, -0.05) is 85.2 Å². The number of amides is 4. The lowest BCUT2D eigenvalue weighted by molar-refractivity contribution is -0.146. The van der Waals surface area contributed by atoms with E-state index in [9.17, 15) is 33.9 Å². The van der Waals surface area contributed by atoms with Crippen molar-refractivity contribution in [3.05, 3.63) is 35.9 Å². The summed E-state index contributed by atoms with van der Waals surface area (Å²) in [4.78, 5) is 84.1. The zero-order valence-electron chi connectivity index (χ0n) is 36.6. The highest BCUT2D eigenvalue weighted by atomic mass is 16.5. The number of likely N-dealkylation sites (tertiary alicyclic amines) is 1. The van der Waals surface area contributed by atoms with Crippen LogP contribution in [0.4, 0.5) is 0 Å². The molecule has 0 aliphatic carbocycles. The lowest BCUT2D eigenvalue weighted by atomic mass is 9.87. The molecule has 4 N–H and O–H groups in total. The van der Waals surface area contributed by atoms with Crippen molar-refractivity contribution in [2.45, 2.75) is 136 Å². The summed E-state index contributed by atoms with van der Waals surface area (Å²) in [7, 11) is 6.60. The molecule has 1 aromatic carbocycles. The Bertz CT molecular complexity index is 1490. The first-order chi connectivity index (χ1) is 27.3. The van der Waals surface area contributed by atoms with E-state index >= 15 is 0 Å². The first-order valence-corrected chi connectivity index (χ1v) is 20.7. The van der Waals surface area contributed by atoms with Gasteiger partial charge in [0.15, 0.2) is 0 Å². The molecule has 4 amide bonds. The molecule has 0 aromatic heterocycles. The fourth-order valence-corrected chi connectivity index (χ4v) is 8.59. The van der Waals surface area contributed by atoms with Gasteiger partial charge in [0.25, 0.3) is 0 Å². The van der Waals surface area contributed by atoms with Crippen LogP contribution in [-0.4, -0.2) is 144 Å². The number of carbonyl (C=O) groups is 6. The summed E-state index contributed by atoms with van der Waals surface area (Å²) < 4.78 is 11.9. The van der Waals surface area contributed by atoms with Crippen molar-refractivity contribution in [3.8, 4) is 0 Å². The Balaban J connectivity index is 2.28. The second kappa shape index (κ2) is 24.2. The van der Waals surface area contributed by atoms with Gasteiger partial charge in [0.05, 0.1) is 42.7 Å². The molecule has 1 saturated heterocycles. The molecule has 1 aliphatic heterocycles. The second-order valence-corrected chi connectivity index (χ2v) is 16.6. The summed E-state index contributed by atoms with van der Waals surface area (Å²) in [5, 5.41) is 24.3. The number of carboxylic acids is 2. The monoisotopic (exact) mass is 818 g/mol. The van der Waals surface area contributed by atoms with Crippen LogP contribution >= 0.6 is 0 Å². The van der Waals surface area contributed by atoms with Gasteiger partial charge in [-0.15, -0.1) is 0 Å². The molecule has 1 fully saturated rings. The SMILES string of the molecule is CC[C@H](C)[C@@H]([C@@H](CC(=O)N1CCC[C@H]1[C@H](OC)[C@@H](C)C(=O)N[C@@H](Cc1ccccc1)C(=O)O)OC)N(C)[C@H](C(=O)NC(=O)[C@H](C(C)C)N(C)CCCC(=O)O)C(C)C. The third-order valence-corrected chi connectivity index (χ3v) is 11.7. The maximum atomic E-state index is 14.3. The molecule has 9 atom stereocenters. The van der Waals surface area contributed by atoms with Crippen LogP contribution in [-0.2, 0) is 44.7 Å². The Labute approximate surface area is 345 Å². The molecule has 0 radical (unpaired) electrons. The van der Waals surface area contributed by atoms with E-state index in [1.807, 2.05) is 71.7 Å². The average Bonchev–Trinajstić information content (AvgIpc) is 3.64. The van der Waals surface area contributed by atoms with Crippen LogP contribution in [0.25, 0.3) is 0 Å². The van der Waals surface area contributed by atoms with Gasteiger partial charge in [-0.3, -0.25) is 39.1 Å². The topological polar surface area (TPSA) is 195 Å². The van der Waals surface area contributed by atoms with Crippen molar-refractivity contribution < 1.29 is 48.5 Å². The molecular weight excluding hydrogens is 746 g/mol. The molecule has 0 bridgehead atoms. The number of ether oxygens (including phenoxy) is 2. The molecule has 1 heterocycles. The van der Waals surface area contributed by atoms with Crippen LogP contribution in [0, 0.1) is 23.7 Å². The molecule has 0 unspecified atom stereocenters. The summed E-state index contributed by atoms with van der Waals surface area (Å²) in [6.07, 6.45) is 1.11. The zero-order valence-corrected chi connectivity index (χ0v) is 36.6. The molecule has 0 spiro atoms. The number of nitrogens with one attached hydrogen (secondary N) is 2. The predicted molar refractivity (Wildman–Crippen MR) is 221 cm³/mol. The largest absolute Gasteiger partial charge is 0.481 e. The number of hydrogen-bond acceptors (Lipinski definition) is 10. The lowest BCUT2D eigenvalue weighted by Gasteiger charge is -2.43. The van der Waals surface area contributed by atoms with Gasteiger partial charge < -0.3 is 29.9 Å². The van der Waals surface area contributed by atoms with Gasteiger partial charge in [0.1, 0.15) is 6.04 Å². The fourth-order valence-electron chi connectivity index (χ4n) is 8.59. The van der Waals surface area contributed by atoms with Crippen LogP contribution < -0.4 is 10.6 Å². The van der Waals surface area contributed by atoms with Gasteiger partial charge >= 0.3 is 11.9 Å². The van der Waals surface area contributed by atoms with E-state index in [0.29, 0.717) is 32.4 Å². The van der Waals surface area contributed by atoms with E-state index in [2.05, 4.69) is 10.6 Å². The highest BCUT2D eigenvalue weighted by Crippen LogP contribution is 2.30. The summed E-state index contributed by atoms with van der Waals surface area (Å²) in [6.45, 7) is 14.1. The zero-order chi connectivity index (χ0) is 43.9. The third-order valence-electron chi connectivity index (χ3n) is 11.7. The highest BCUT2D eigenvalue weighted by molar-refractivity contribution is 6.00. The van der Waals surface area contributed by atoms with Crippen LogP contribution in [0.2, 0.25) is 0 Å². The number of nitrogens with zero attached hydrogens (tertiary/aromatic N) is 3. The van der Waals surface area contributed by atoms with Crippen molar-refractivity contribution in [3.63, 3.8) is 0 Å². The van der Waals surface area contributed by atoms with Crippen molar-refractivity contribution in [2.75, 3.05) is 41.4 Å². The number of hydrogen-bond donors (Lipinski definition) is 4.